The molecule has 0 bridgehead atoms. The van der Waals surface area contributed by atoms with Gasteiger partial charge in [-0.05, 0) is 26.7 Å². The molecule has 0 fully saturated rings. The van der Waals surface area contributed by atoms with Gasteiger partial charge in [0.15, 0.2) is 0 Å². The van der Waals surface area contributed by atoms with Gasteiger partial charge in [-0.15, -0.1) is 0 Å². The molecule has 106 valence electrons. The van der Waals surface area contributed by atoms with Crippen LogP contribution < -0.4 is 10.6 Å². The molecule has 0 heterocycles. The smallest absolute Gasteiger partial charge is 0.328 e. The van der Waals surface area contributed by atoms with Crippen LogP contribution in [-0.2, 0) is 4.79 Å². The fraction of sp³-hybridized carbons (Fsp3) is 0.846. The standard InChI is InChI=1S/C13H26N2O3/c1-5-7-9-10(8-6-2)14-12(18)15-13(3,4)11(16)17/h10H,5-9H2,1-4H3,(H,16,17)(H2,14,15,18). The Kier molecular flexibility index (Phi) is 7.39. The van der Waals surface area contributed by atoms with Crippen LogP contribution in [0.2, 0.25) is 0 Å². The van der Waals surface area contributed by atoms with Gasteiger partial charge < -0.3 is 15.7 Å². The van der Waals surface area contributed by atoms with E-state index in [0.717, 1.165) is 32.1 Å². The topological polar surface area (TPSA) is 78.4 Å². The summed E-state index contributed by atoms with van der Waals surface area (Å²) in [4.78, 5) is 22.6. The molecule has 0 saturated carbocycles. The van der Waals surface area contributed by atoms with Gasteiger partial charge in [-0.2, -0.15) is 0 Å². The molecule has 0 radical (unpaired) electrons. The molecule has 0 aromatic carbocycles. The summed E-state index contributed by atoms with van der Waals surface area (Å²) in [5.41, 5.74) is -1.24. The third kappa shape index (κ3) is 6.47. The highest BCUT2D eigenvalue weighted by atomic mass is 16.4. The highest BCUT2D eigenvalue weighted by Gasteiger charge is 2.29. The van der Waals surface area contributed by atoms with Gasteiger partial charge >= 0.3 is 12.0 Å². The van der Waals surface area contributed by atoms with Gasteiger partial charge in [-0.1, -0.05) is 33.1 Å². The van der Waals surface area contributed by atoms with Crippen molar-refractivity contribution in [3.8, 4) is 0 Å². The molecule has 0 rings (SSSR count). The number of hydrogen-bond donors (Lipinski definition) is 3. The summed E-state index contributed by atoms with van der Waals surface area (Å²) in [6.07, 6.45) is 5.00. The molecule has 5 nitrogen and oxygen atoms in total. The Morgan fingerprint density at radius 3 is 2.22 bits per heavy atom. The molecule has 0 spiro atoms. The molecule has 0 aliphatic heterocycles. The van der Waals surface area contributed by atoms with Crippen molar-refractivity contribution in [3.05, 3.63) is 0 Å². The summed E-state index contributed by atoms with van der Waals surface area (Å²) in [6.45, 7) is 7.11. The van der Waals surface area contributed by atoms with E-state index in [9.17, 15) is 9.59 Å². The molecule has 2 amide bonds. The minimum absolute atomic E-state index is 0.125. The molecular weight excluding hydrogens is 232 g/mol. The largest absolute Gasteiger partial charge is 0.480 e. The Hall–Kier alpha value is -1.26. The van der Waals surface area contributed by atoms with Crippen LogP contribution in [0.15, 0.2) is 0 Å². The van der Waals surface area contributed by atoms with Crippen LogP contribution in [0.1, 0.15) is 59.8 Å². The zero-order chi connectivity index (χ0) is 14.2. The normalized spacial score (nSPS) is 12.9. The van der Waals surface area contributed by atoms with E-state index in [2.05, 4.69) is 24.5 Å². The first-order chi connectivity index (χ1) is 8.33. The fourth-order valence-corrected chi connectivity index (χ4v) is 1.65. The average Bonchev–Trinajstić information content (AvgIpc) is 2.25. The number of carboxylic acids is 1. The number of urea groups is 1. The van der Waals surface area contributed by atoms with Crippen molar-refractivity contribution in [1.29, 1.82) is 0 Å². The van der Waals surface area contributed by atoms with Crippen molar-refractivity contribution in [2.75, 3.05) is 0 Å². The number of carboxylic acid groups (broad SMARTS) is 1. The molecule has 1 unspecified atom stereocenters. The van der Waals surface area contributed by atoms with E-state index < -0.39 is 17.5 Å². The lowest BCUT2D eigenvalue weighted by Crippen LogP contribution is -2.54. The predicted octanol–water partition coefficient (Wildman–Crippen LogP) is 2.51. The molecule has 0 aromatic rings. The average molecular weight is 258 g/mol. The first kappa shape index (κ1) is 16.7. The van der Waals surface area contributed by atoms with E-state index in [0.29, 0.717) is 0 Å². The van der Waals surface area contributed by atoms with E-state index in [1.54, 1.807) is 0 Å². The van der Waals surface area contributed by atoms with Crippen LogP contribution in [-0.4, -0.2) is 28.7 Å². The van der Waals surface area contributed by atoms with Gasteiger partial charge in [0, 0.05) is 6.04 Å². The lowest BCUT2D eigenvalue weighted by Gasteiger charge is -2.24. The number of unbranched alkanes of at least 4 members (excludes halogenated alkanes) is 1. The summed E-state index contributed by atoms with van der Waals surface area (Å²) in [7, 11) is 0. The van der Waals surface area contributed by atoms with Crippen LogP contribution in [0, 0.1) is 0 Å². The highest BCUT2D eigenvalue weighted by Crippen LogP contribution is 2.07. The Labute approximate surface area is 109 Å². The van der Waals surface area contributed by atoms with Crippen LogP contribution in [0.3, 0.4) is 0 Å². The van der Waals surface area contributed by atoms with Gasteiger partial charge in [0.05, 0.1) is 0 Å². The van der Waals surface area contributed by atoms with Gasteiger partial charge in [0.2, 0.25) is 0 Å². The second-order valence-electron chi connectivity index (χ2n) is 5.16. The van der Waals surface area contributed by atoms with Crippen LogP contribution in [0.4, 0.5) is 4.79 Å². The van der Waals surface area contributed by atoms with Gasteiger partial charge in [-0.25, -0.2) is 9.59 Å². The lowest BCUT2D eigenvalue weighted by molar-refractivity contribution is -0.142. The molecule has 1 atom stereocenters. The Balaban J connectivity index is 4.28. The van der Waals surface area contributed by atoms with E-state index in [1.165, 1.54) is 13.8 Å². The van der Waals surface area contributed by atoms with Gasteiger partial charge in [0.25, 0.3) is 0 Å². The van der Waals surface area contributed by atoms with Gasteiger partial charge in [0.1, 0.15) is 5.54 Å². The van der Waals surface area contributed by atoms with E-state index >= 15 is 0 Å². The van der Waals surface area contributed by atoms with Crippen molar-refractivity contribution in [1.82, 2.24) is 10.6 Å². The Morgan fingerprint density at radius 1 is 1.17 bits per heavy atom. The lowest BCUT2D eigenvalue weighted by atomic mass is 10.0. The molecule has 0 aromatic heterocycles. The van der Waals surface area contributed by atoms with Crippen molar-refractivity contribution in [3.63, 3.8) is 0 Å². The van der Waals surface area contributed by atoms with E-state index in [1.807, 2.05) is 0 Å². The number of hydrogen-bond acceptors (Lipinski definition) is 2. The van der Waals surface area contributed by atoms with Crippen molar-refractivity contribution < 1.29 is 14.7 Å². The quantitative estimate of drug-likeness (QED) is 0.626. The molecule has 18 heavy (non-hydrogen) atoms. The molecular formula is C13H26N2O3. The third-order valence-corrected chi connectivity index (χ3v) is 2.84. The maximum Gasteiger partial charge on any atom is 0.328 e. The minimum Gasteiger partial charge on any atom is -0.480 e. The zero-order valence-corrected chi connectivity index (χ0v) is 11.9. The molecule has 0 aliphatic rings. The Morgan fingerprint density at radius 2 is 1.78 bits per heavy atom. The second-order valence-corrected chi connectivity index (χ2v) is 5.16. The number of carbonyl (C=O) groups excluding carboxylic acids is 1. The molecule has 0 saturated heterocycles. The van der Waals surface area contributed by atoms with Crippen molar-refractivity contribution >= 4 is 12.0 Å². The molecule has 3 N–H and O–H groups in total. The monoisotopic (exact) mass is 258 g/mol. The zero-order valence-electron chi connectivity index (χ0n) is 11.9. The minimum atomic E-state index is -1.24. The maximum absolute atomic E-state index is 11.7. The Bertz CT molecular complexity index is 277. The summed E-state index contributed by atoms with van der Waals surface area (Å²) in [5.74, 6) is -1.04. The fourth-order valence-electron chi connectivity index (χ4n) is 1.65. The number of amides is 2. The third-order valence-electron chi connectivity index (χ3n) is 2.84. The maximum atomic E-state index is 11.7. The number of aliphatic carboxylic acids is 1. The van der Waals surface area contributed by atoms with Gasteiger partial charge in [-0.3, -0.25) is 0 Å². The second kappa shape index (κ2) is 7.95. The molecule has 0 aliphatic carbocycles. The van der Waals surface area contributed by atoms with Crippen molar-refractivity contribution in [2.24, 2.45) is 0 Å². The van der Waals surface area contributed by atoms with E-state index in [-0.39, 0.29) is 6.04 Å². The summed E-state index contributed by atoms with van der Waals surface area (Å²) in [6, 6.07) is -0.281. The van der Waals surface area contributed by atoms with Crippen molar-refractivity contribution in [2.45, 2.75) is 71.4 Å². The number of carbonyl (C=O) groups is 2. The first-order valence-corrected chi connectivity index (χ1v) is 6.65. The number of rotatable bonds is 8. The van der Waals surface area contributed by atoms with Crippen LogP contribution in [0.25, 0.3) is 0 Å². The highest BCUT2D eigenvalue weighted by molar-refractivity contribution is 5.85. The van der Waals surface area contributed by atoms with E-state index in [4.69, 9.17) is 5.11 Å². The van der Waals surface area contributed by atoms with Crippen LogP contribution in [0.5, 0.6) is 0 Å². The first-order valence-electron chi connectivity index (χ1n) is 6.65. The van der Waals surface area contributed by atoms with Crippen LogP contribution >= 0.6 is 0 Å². The number of nitrogens with one attached hydrogen (secondary N) is 2. The summed E-state index contributed by atoms with van der Waals surface area (Å²) >= 11 is 0. The summed E-state index contributed by atoms with van der Waals surface area (Å²) < 4.78 is 0. The summed E-state index contributed by atoms with van der Waals surface area (Å²) in [5, 5.41) is 14.2. The molecule has 5 heteroatoms. The SMILES string of the molecule is CCCCC(CCC)NC(=O)NC(C)(C)C(=O)O. The predicted molar refractivity (Wildman–Crippen MR) is 71.6 cm³/mol.